The average Bonchev–Trinajstić information content (AvgIpc) is 2.67. The maximum atomic E-state index is 12.5. The van der Waals surface area contributed by atoms with E-state index < -0.39 is 0 Å². The molecule has 0 aromatic heterocycles. The minimum Gasteiger partial charge on any atom is -0.326 e. The van der Waals surface area contributed by atoms with Gasteiger partial charge in [0.25, 0.3) is 0 Å². The maximum absolute atomic E-state index is 12.5. The Hall–Kier alpha value is -0.610. The molecule has 2 unspecified atom stereocenters. The number of nitrogens with zero attached hydrogens (tertiary/aromatic N) is 2. The molecule has 1 saturated heterocycles. The Morgan fingerprint density at radius 1 is 1.35 bits per heavy atom. The van der Waals surface area contributed by atoms with Crippen LogP contribution < -0.4 is 5.32 Å². The molecule has 1 heterocycles. The van der Waals surface area contributed by atoms with Crippen molar-refractivity contribution in [2.45, 2.75) is 78.0 Å². The topological polar surface area (TPSA) is 35.6 Å². The van der Waals surface area contributed by atoms with Crippen molar-refractivity contribution in [1.82, 2.24) is 15.1 Å². The summed E-state index contributed by atoms with van der Waals surface area (Å²) in [5, 5.41) is 3.50. The highest BCUT2D eigenvalue weighted by Crippen LogP contribution is 2.25. The van der Waals surface area contributed by atoms with Crippen LogP contribution in [0.3, 0.4) is 0 Å². The van der Waals surface area contributed by atoms with Gasteiger partial charge in [-0.2, -0.15) is 0 Å². The second-order valence-electron chi connectivity index (χ2n) is 6.53. The Kier molecular flexibility index (Phi) is 6.46. The van der Waals surface area contributed by atoms with Crippen LogP contribution in [0.25, 0.3) is 0 Å². The highest BCUT2D eigenvalue weighted by molar-refractivity contribution is 5.88. The van der Waals surface area contributed by atoms with Crippen LogP contribution in [0.2, 0.25) is 0 Å². The van der Waals surface area contributed by atoms with Crippen LogP contribution in [-0.2, 0) is 4.79 Å². The molecule has 4 heteroatoms. The van der Waals surface area contributed by atoms with E-state index in [0.29, 0.717) is 6.04 Å². The molecule has 2 atom stereocenters. The van der Waals surface area contributed by atoms with E-state index in [-0.39, 0.29) is 17.6 Å². The zero-order chi connectivity index (χ0) is 15.3. The van der Waals surface area contributed by atoms with Crippen LogP contribution in [0.5, 0.6) is 0 Å². The molecule has 0 aromatic rings. The van der Waals surface area contributed by atoms with E-state index in [2.05, 4.69) is 49.9 Å². The van der Waals surface area contributed by atoms with E-state index in [1.807, 2.05) is 6.92 Å². The van der Waals surface area contributed by atoms with Crippen molar-refractivity contribution in [3.05, 3.63) is 0 Å². The largest absolute Gasteiger partial charge is 0.326 e. The molecule has 1 rings (SSSR count). The molecule has 0 radical (unpaired) electrons. The van der Waals surface area contributed by atoms with Gasteiger partial charge in [0.15, 0.2) is 0 Å². The Bertz CT molecular complexity index is 319. The molecule has 0 spiro atoms. The van der Waals surface area contributed by atoms with E-state index in [9.17, 15) is 4.79 Å². The van der Waals surface area contributed by atoms with Gasteiger partial charge in [0.1, 0.15) is 0 Å². The van der Waals surface area contributed by atoms with Crippen LogP contribution in [0, 0.1) is 0 Å². The predicted molar refractivity (Wildman–Crippen MR) is 84.6 cm³/mol. The van der Waals surface area contributed by atoms with Crippen LogP contribution in [0.4, 0.5) is 0 Å². The fraction of sp³-hybridized carbons (Fsp3) is 0.938. The first kappa shape index (κ1) is 17.4. The second-order valence-corrected chi connectivity index (χ2v) is 6.53. The molecule has 4 nitrogen and oxygen atoms in total. The van der Waals surface area contributed by atoms with Crippen molar-refractivity contribution in [2.24, 2.45) is 0 Å². The number of unbranched alkanes of at least 4 members (excludes halogenated alkanes) is 1. The quantitative estimate of drug-likeness (QED) is 0.695. The number of amides is 1. The molecule has 0 aromatic carbocycles. The van der Waals surface area contributed by atoms with Crippen molar-refractivity contribution < 1.29 is 4.79 Å². The molecule has 0 aliphatic carbocycles. The molecule has 0 saturated carbocycles. The second kappa shape index (κ2) is 7.41. The van der Waals surface area contributed by atoms with E-state index in [4.69, 9.17) is 0 Å². The zero-order valence-electron chi connectivity index (χ0n) is 14.2. The van der Waals surface area contributed by atoms with Gasteiger partial charge in [-0.3, -0.25) is 10.1 Å². The third kappa shape index (κ3) is 3.95. The van der Waals surface area contributed by atoms with E-state index in [1.54, 1.807) is 0 Å². The minimum absolute atomic E-state index is 0.218. The van der Waals surface area contributed by atoms with E-state index >= 15 is 0 Å². The highest BCUT2D eigenvalue weighted by Gasteiger charge is 2.45. The third-order valence-electron chi connectivity index (χ3n) is 4.73. The van der Waals surface area contributed by atoms with Crippen molar-refractivity contribution in [3.8, 4) is 0 Å². The molecule has 20 heavy (non-hydrogen) atoms. The van der Waals surface area contributed by atoms with Crippen molar-refractivity contribution in [2.75, 3.05) is 20.1 Å². The zero-order valence-corrected chi connectivity index (χ0v) is 14.2. The molecular weight excluding hydrogens is 250 g/mol. The molecule has 1 amide bonds. The van der Waals surface area contributed by atoms with Gasteiger partial charge in [-0.05, 0) is 60.0 Å². The summed E-state index contributed by atoms with van der Waals surface area (Å²) in [5.41, 5.74) is -0.352. The summed E-state index contributed by atoms with van der Waals surface area (Å²) in [6, 6.07) is 0.594. The average molecular weight is 283 g/mol. The molecule has 118 valence electrons. The van der Waals surface area contributed by atoms with Crippen LogP contribution in [0.15, 0.2) is 0 Å². The molecule has 0 bridgehead atoms. The monoisotopic (exact) mass is 283 g/mol. The first-order valence-corrected chi connectivity index (χ1v) is 8.14. The van der Waals surface area contributed by atoms with Gasteiger partial charge in [0.2, 0.25) is 5.91 Å². The van der Waals surface area contributed by atoms with Crippen LogP contribution >= 0.6 is 0 Å². The summed E-state index contributed by atoms with van der Waals surface area (Å²) in [5.74, 6) is 0.282. The first-order valence-electron chi connectivity index (χ1n) is 8.14. The fourth-order valence-corrected chi connectivity index (χ4v) is 2.70. The fourth-order valence-electron chi connectivity index (χ4n) is 2.70. The summed E-state index contributed by atoms with van der Waals surface area (Å²) in [6.07, 6.45) is 4.29. The van der Waals surface area contributed by atoms with Gasteiger partial charge >= 0.3 is 0 Å². The van der Waals surface area contributed by atoms with Gasteiger partial charge in [0.05, 0.1) is 11.7 Å². The molecule has 1 N–H and O–H groups in total. The van der Waals surface area contributed by atoms with Gasteiger partial charge in [-0.15, -0.1) is 0 Å². The molecule has 1 fully saturated rings. The van der Waals surface area contributed by atoms with Gasteiger partial charge in [0, 0.05) is 12.6 Å². The summed E-state index contributed by atoms with van der Waals surface area (Å²) < 4.78 is 0. The molecule has 1 aliphatic heterocycles. The lowest BCUT2D eigenvalue weighted by Gasteiger charge is -2.25. The Morgan fingerprint density at radius 2 is 2.00 bits per heavy atom. The standard InChI is InChI=1S/C16H33N3O/c1-7-14-17-16(5,8-2)15(20)19(14)12-10-9-11-18(6)13(3)4/h13-14,17H,7-12H2,1-6H3. The number of carbonyl (C=O) groups is 1. The lowest BCUT2D eigenvalue weighted by molar-refractivity contribution is -0.133. The van der Waals surface area contributed by atoms with Crippen molar-refractivity contribution in [3.63, 3.8) is 0 Å². The lowest BCUT2D eigenvalue weighted by Crippen LogP contribution is -2.43. The van der Waals surface area contributed by atoms with Crippen molar-refractivity contribution >= 4 is 5.91 Å². The number of rotatable bonds is 8. The highest BCUT2D eigenvalue weighted by atomic mass is 16.2. The number of hydrogen-bond donors (Lipinski definition) is 1. The summed E-state index contributed by atoms with van der Waals surface area (Å²) in [7, 11) is 2.16. The SMILES string of the molecule is CCC1NC(C)(CC)C(=O)N1CCCCN(C)C(C)C. The lowest BCUT2D eigenvalue weighted by atomic mass is 9.99. The van der Waals surface area contributed by atoms with Crippen LogP contribution in [0.1, 0.15) is 60.3 Å². The minimum atomic E-state index is -0.352. The normalized spacial score (nSPS) is 27.1. The smallest absolute Gasteiger partial charge is 0.243 e. The Labute approximate surface area is 124 Å². The molecule has 1 aliphatic rings. The predicted octanol–water partition coefficient (Wildman–Crippen LogP) is 2.44. The number of nitrogens with one attached hydrogen (secondary N) is 1. The van der Waals surface area contributed by atoms with Gasteiger partial charge in [-0.1, -0.05) is 13.8 Å². The first-order chi connectivity index (χ1) is 9.35. The van der Waals surface area contributed by atoms with Gasteiger partial charge < -0.3 is 9.80 Å². The molecular formula is C16H33N3O. The number of carbonyl (C=O) groups excluding carboxylic acids is 1. The number of hydrogen-bond acceptors (Lipinski definition) is 3. The summed E-state index contributed by atoms with van der Waals surface area (Å²) in [4.78, 5) is 16.9. The summed E-state index contributed by atoms with van der Waals surface area (Å²) >= 11 is 0. The van der Waals surface area contributed by atoms with E-state index in [0.717, 1.165) is 38.8 Å². The van der Waals surface area contributed by atoms with Gasteiger partial charge in [-0.25, -0.2) is 0 Å². The Morgan fingerprint density at radius 3 is 2.50 bits per heavy atom. The van der Waals surface area contributed by atoms with Crippen molar-refractivity contribution in [1.29, 1.82) is 0 Å². The van der Waals surface area contributed by atoms with Crippen LogP contribution in [-0.4, -0.2) is 53.6 Å². The maximum Gasteiger partial charge on any atom is 0.243 e. The Balaban J connectivity index is 2.44. The summed E-state index contributed by atoms with van der Waals surface area (Å²) in [6.45, 7) is 12.7. The van der Waals surface area contributed by atoms with E-state index in [1.165, 1.54) is 0 Å². The third-order valence-corrected chi connectivity index (χ3v) is 4.73.